The maximum Gasteiger partial charge on any atom is 0.310 e. The number of thiophene rings is 1. The Morgan fingerprint density at radius 3 is 2.81 bits per heavy atom. The van der Waals surface area contributed by atoms with Gasteiger partial charge in [-0.15, -0.1) is 23.1 Å². The Hall–Kier alpha value is -1.59. The fourth-order valence-corrected chi connectivity index (χ4v) is 4.29. The highest BCUT2D eigenvalue weighted by molar-refractivity contribution is 7.99. The second kappa shape index (κ2) is 5.66. The molecule has 0 saturated carbocycles. The molecule has 1 aliphatic rings. The Bertz CT molecular complexity index is 705. The Morgan fingerprint density at radius 2 is 2.14 bits per heavy atom. The smallest absolute Gasteiger partial charge is 0.310 e. The van der Waals surface area contributed by atoms with E-state index in [2.05, 4.69) is 0 Å². The lowest BCUT2D eigenvalue weighted by molar-refractivity contribution is -0.138. The van der Waals surface area contributed by atoms with Gasteiger partial charge < -0.3 is 5.11 Å². The summed E-state index contributed by atoms with van der Waals surface area (Å²) in [6.45, 7) is 1.66. The number of ketones is 1. The molecular weight excluding hydrogens is 304 g/mol. The molecule has 1 aromatic heterocycles. The minimum Gasteiger partial charge on any atom is -0.481 e. The van der Waals surface area contributed by atoms with E-state index in [0.717, 1.165) is 22.6 Å². The number of carbonyl (C=O) groups is 2. The first-order valence-corrected chi connectivity index (χ1v) is 8.55. The van der Waals surface area contributed by atoms with Gasteiger partial charge >= 0.3 is 5.97 Å². The summed E-state index contributed by atoms with van der Waals surface area (Å²) >= 11 is 3.10. The van der Waals surface area contributed by atoms with Gasteiger partial charge in [-0.3, -0.25) is 9.59 Å². The predicted molar refractivity (Wildman–Crippen MR) is 84.7 cm³/mol. The average molecular weight is 318 g/mol. The lowest BCUT2D eigenvalue weighted by Gasteiger charge is -2.12. The van der Waals surface area contributed by atoms with E-state index in [1.165, 1.54) is 11.3 Å². The van der Waals surface area contributed by atoms with E-state index in [1.807, 2.05) is 23.6 Å². The number of aryl methyl sites for hydroxylation is 1. The summed E-state index contributed by atoms with van der Waals surface area (Å²) in [7, 11) is 0. The van der Waals surface area contributed by atoms with Crippen LogP contribution in [0.15, 0.2) is 34.5 Å². The summed E-state index contributed by atoms with van der Waals surface area (Å²) in [6.07, 6.45) is 0.894. The van der Waals surface area contributed by atoms with E-state index in [9.17, 15) is 14.7 Å². The number of carboxylic acid groups (broad SMARTS) is 1. The van der Waals surface area contributed by atoms with Crippen molar-refractivity contribution in [1.82, 2.24) is 0 Å². The Labute approximate surface area is 131 Å². The SMILES string of the molecule is CC(C(=O)O)c1cc2c(c(C(=O)c3cccs3)c1)SCC2. The summed E-state index contributed by atoms with van der Waals surface area (Å²) < 4.78 is 0. The van der Waals surface area contributed by atoms with Crippen molar-refractivity contribution < 1.29 is 14.7 Å². The van der Waals surface area contributed by atoms with Crippen molar-refractivity contribution in [2.75, 3.05) is 5.75 Å². The summed E-state index contributed by atoms with van der Waals surface area (Å²) in [4.78, 5) is 25.6. The number of carbonyl (C=O) groups excluding carboxylic acids is 1. The number of thioether (sulfide) groups is 1. The standard InChI is InChI=1S/C16H14O3S2/c1-9(16(18)19)11-7-10-4-6-21-15(10)12(8-11)14(17)13-3-2-5-20-13/h2-3,5,7-9H,4,6H2,1H3,(H,18,19). The van der Waals surface area contributed by atoms with Crippen LogP contribution in [0.4, 0.5) is 0 Å². The zero-order valence-electron chi connectivity index (χ0n) is 11.5. The van der Waals surface area contributed by atoms with Crippen molar-refractivity contribution in [2.45, 2.75) is 24.2 Å². The van der Waals surface area contributed by atoms with Crippen LogP contribution in [0.3, 0.4) is 0 Å². The molecule has 1 aromatic carbocycles. The van der Waals surface area contributed by atoms with E-state index >= 15 is 0 Å². The Kier molecular flexibility index (Phi) is 3.87. The zero-order valence-corrected chi connectivity index (χ0v) is 13.1. The van der Waals surface area contributed by atoms with Crippen molar-refractivity contribution in [3.05, 3.63) is 51.2 Å². The van der Waals surface area contributed by atoms with Gasteiger partial charge in [-0.25, -0.2) is 0 Å². The summed E-state index contributed by atoms with van der Waals surface area (Å²) in [6, 6.07) is 7.37. The third-order valence-corrected chi connectivity index (χ3v) is 5.71. The fourth-order valence-electron chi connectivity index (χ4n) is 2.43. The van der Waals surface area contributed by atoms with Crippen LogP contribution in [0, 0.1) is 0 Å². The first-order chi connectivity index (χ1) is 10.1. The molecule has 21 heavy (non-hydrogen) atoms. The van der Waals surface area contributed by atoms with Crippen LogP contribution in [-0.2, 0) is 11.2 Å². The van der Waals surface area contributed by atoms with Crippen LogP contribution in [0.2, 0.25) is 0 Å². The molecule has 2 heterocycles. The van der Waals surface area contributed by atoms with Crippen LogP contribution < -0.4 is 0 Å². The predicted octanol–water partition coefficient (Wildman–Crippen LogP) is 3.82. The molecular formula is C16H14O3S2. The summed E-state index contributed by atoms with van der Waals surface area (Å²) in [5.41, 5.74) is 2.47. The third kappa shape index (κ3) is 2.63. The number of benzene rings is 1. The first kappa shape index (κ1) is 14.4. The highest BCUT2D eigenvalue weighted by Gasteiger charge is 2.25. The van der Waals surface area contributed by atoms with E-state index < -0.39 is 11.9 Å². The first-order valence-electron chi connectivity index (χ1n) is 6.68. The summed E-state index contributed by atoms with van der Waals surface area (Å²) in [5.74, 6) is -0.522. The maximum absolute atomic E-state index is 12.7. The van der Waals surface area contributed by atoms with Crippen LogP contribution in [0.5, 0.6) is 0 Å². The molecule has 0 radical (unpaired) electrons. The molecule has 2 aromatic rings. The van der Waals surface area contributed by atoms with Gasteiger partial charge in [0, 0.05) is 16.2 Å². The maximum atomic E-state index is 12.7. The average Bonchev–Trinajstić information content (AvgIpc) is 3.15. The highest BCUT2D eigenvalue weighted by atomic mass is 32.2. The molecule has 0 saturated heterocycles. The van der Waals surface area contributed by atoms with Gasteiger partial charge in [0.1, 0.15) is 0 Å². The second-order valence-electron chi connectivity index (χ2n) is 5.02. The minimum atomic E-state index is -0.866. The lowest BCUT2D eigenvalue weighted by Crippen LogP contribution is -2.10. The van der Waals surface area contributed by atoms with Crippen LogP contribution >= 0.6 is 23.1 Å². The molecule has 108 valence electrons. The molecule has 0 fully saturated rings. The fraction of sp³-hybridized carbons (Fsp3) is 0.250. The van der Waals surface area contributed by atoms with Crippen molar-refractivity contribution in [3.8, 4) is 0 Å². The third-order valence-electron chi connectivity index (χ3n) is 3.67. The lowest BCUT2D eigenvalue weighted by atomic mass is 9.94. The van der Waals surface area contributed by atoms with Crippen molar-refractivity contribution in [3.63, 3.8) is 0 Å². The van der Waals surface area contributed by atoms with Crippen LogP contribution in [-0.4, -0.2) is 22.6 Å². The molecule has 1 unspecified atom stereocenters. The number of hydrogen-bond acceptors (Lipinski definition) is 4. The molecule has 1 aliphatic heterocycles. The molecule has 3 nitrogen and oxygen atoms in total. The number of fused-ring (bicyclic) bond motifs is 1. The van der Waals surface area contributed by atoms with Gasteiger partial charge in [-0.1, -0.05) is 12.1 Å². The number of hydrogen-bond donors (Lipinski definition) is 1. The zero-order chi connectivity index (χ0) is 15.0. The van der Waals surface area contributed by atoms with E-state index in [0.29, 0.717) is 16.0 Å². The quantitative estimate of drug-likeness (QED) is 0.871. The minimum absolute atomic E-state index is 0.00455. The van der Waals surface area contributed by atoms with Crippen LogP contribution in [0.1, 0.15) is 39.2 Å². The van der Waals surface area contributed by atoms with Crippen LogP contribution in [0.25, 0.3) is 0 Å². The van der Waals surface area contributed by atoms with Gasteiger partial charge in [0.2, 0.25) is 5.78 Å². The largest absolute Gasteiger partial charge is 0.481 e. The van der Waals surface area contributed by atoms with Gasteiger partial charge in [0.05, 0.1) is 10.8 Å². The van der Waals surface area contributed by atoms with Crippen molar-refractivity contribution in [2.24, 2.45) is 0 Å². The molecule has 0 spiro atoms. The second-order valence-corrected chi connectivity index (χ2v) is 7.07. The molecule has 3 rings (SSSR count). The molecule has 0 aliphatic carbocycles. The van der Waals surface area contributed by atoms with Crippen molar-refractivity contribution >= 4 is 34.9 Å². The van der Waals surface area contributed by atoms with Gasteiger partial charge in [-0.2, -0.15) is 0 Å². The Balaban J connectivity index is 2.11. The number of aliphatic carboxylic acids is 1. The number of rotatable bonds is 4. The molecule has 0 amide bonds. The van der Waals surface area contributed by atoms with Crippen molar-refractivity contribution in [1.29, 1.82) is 0 Å². The van der Waals surface area contributed by atoms with Gasteiger partial charge in [0.25, 0.3) is 0 Å². The highest BCUT2D eigenvalue weighted by Crippen LogP contribution is 2.38. The normalized spacial score (nSPS) is 14.7. The molecule has 1 atom stereocenters. The van der Waals surface area contributed by atoms with Gasteiger partial charge in [0.15, 0.2) is 0 Å². The topological polar surface area (TPSA) is 54.4 Å². The Morgan fingerprint density at radius 1 is 1.33 bits per heavy atom. The molecule has 0 bridgehead atoms. The molecule has 1 N–H and O–H groups in total. The summed E-state index contributed by atoms with van der Waals surface area (Å²) in [5, 5.41) is 11.1. The monoisotopic (exact) mass is 318 g/mol. The van der Waals surface area contributed by atoms with E-state index in [-0.39, 0.29) is 5.78 Å². The van der Waals surface area contributed by atoms with E-state index in [4.69, 9.17) is 0 Å². The van der Waals surface area contributed by atoms with E-state index in [1.54, 1.807) is 24.8 Å². The number of carboxylic acids is 1. The van der Waals surface area contributed by atoms with Gasteiger partial charge in [-0.05, 0) is 42.0 Å². The molecule has 5 heteroatoms.